The highest BCUT2D eigenvalue weighted by molar-refractivity contribution is 6.34. The van der Waals surface area contributed by atoms with E-state index in [0.717, 1.165) is 0 Å². The molecule has 9 nitrogen and oxygen atoms in total. The topological polar surface area (TPSA) is 111 Å². The maximum atomic E-state index is 12.3. The molecule has 1 heterocycles. The van der Waals surface area contributed by atoms with Gasteiger partial charge < -0.3 is 15.4 Å². The van der Waals surface area contributed by atoms with Crippen molar-refractivity contribution in [2.75, 3.05) is 17.2 Å². The number of hydrogen-bond acceptors (Lipinski definition) is 6. The third-order valence-electron chi connectivity index (χ3n) is 3.74. The van der Waals surface area contributed by atoms with Crippen LogP contribution in [0.1, 0.15) is 13.8 Å². The molecule has 0 unspecified atom stereocenters. The number of tetrazole rings is 1. The van der Waals surface area contributed by atoms with Gasteiger partial charge in [0.25, 0.3) is 0 Å². The van der Waals surface area contributed by atoms with Crippen molar-refractivity contribution < 1.29 is 14.3 Å². The van der Waals surface area contributed by atoms with E-state index in [9.17, 15) is 9.59 Å². The van der Waals surface area contributed by atoms with Crippen molar-refractivity contribution in [3.05, 3.63) is 47.5 Å². The van der Waals surface area contributed by atoms with E-state index in [0.29, 0.717) is 40.1 Å². The predicted octanol–water partition coefficient (Wildman–Crippen LogP) is 2.99. The number of amides is 2. The Labute approximate surface area is 172 Å². The van der Waals surface area contributed by atoms with Gasteiger partial charge in [0.2, 0.25) is 17.6 Å². The van der Waals surface area contributed by atoms with E-state index in [1.807, 2.05) is 13.0 Å². The van der Waals surface area contributed by atoms with Gasteiger partial charge in [0.1, 0.15) is 12.3 Å². The Bertz CT molecular complexity index is 1040. The number of anilines is 2. The van der Waals surface area contributed by atoms with Gasteiger partial charge in [-0.1, -0.05) is 23.7 Å². The number of nitrogens with one attached hydrogen (secondary N) is 2. The lowest BCUT2D eigenvalue weighted by atomic mass is 10.2. The smallest absolute Gasteiger partial charge is 0.248 e. The maximum absolute atomic E-state index is 12.3. The minimum Gasteiger partial charge on any atom is -0.492 e. The number of carbonyl (C=O) groups is 2. The Morgan fingerprint density at radius 2 is 1.93 bits per heavy atom. The Hall–Kier alpha value is -3.46. The lowest BCUT2D eigenvalue weighted by Gasteiger charge is -2.10. The second-order valence-corrected chi connectivity index (χ2v) is 6.40. The van der Waals surface area contributed by atoms with Gasteiger partial charge in [0, 0.05) is 12.5 Å². The first kappa shape index (κ1) is 20.3. The molecule has 2 amide bonds. The van der Waals surface area contributed by atoms with Crippen LogP contribution in [-0.2, 0) is 16.1 Å². The van der Waals surface area contributed by atoms with E-state index in [1.54, 1.807) is 36.4 Å². The van der Waals surface area contributed by atoms with Gasteiger partial charge >= 0.3 is 0 Å². The van der Waals surface area contributed by atoms with Crippen molar-refractivity contribution in [3.8, 4) is 17.1 Å². The Kier molecular flexibility index (Phi) is 6.40. The monoisotopic (exact) mass is 414 g/mol. The summed E-state index contributed by atoms with van der Waals surface area (Å²) in [4.78, 5) is 24.7. The normalized spacial score (nSPS) is 10.4. The summed E-state index contributed by atoms with van der Waals surface area (Å²) < 4.78 is 5.49. The lowest BCUT2D eigenvalue weighted by molar-refractivity contribution is -0.117. The number of ether oxygens (including phenoxy) is 1. The molecule has 0 atom stereocenters. The van der Waals surface area contributed by atoms with E-state index in [-0.39, 0.29) is 18.4 Å². The molecule has 0 aliphatic rings. The third-order valence-corrected chi connectivity index (χ3v) is 4.05. The van der Waals surface area contributed by atoms with Gasteiger partial charge in [0.05, 0.1) is 23.0 Å². The van der Waals surface area contributed by atoms with Crippen LogP contribution in [0.15, 0.2) is 42.5 Å². The number of hydrogen-bond donors (Lipinski definition) is 2. The second-order valence-electron chi connectivity index (χ2n) is 6.00. The molecule has 0 bridgehead atoms. The number of halogens is 1. The first-order chi connectivity index (χ1) is 14.0. The Morgan fingerprint density at radius 1 is 1.14 bits per heavy atom. The molecule has 0 aliphatic carbocycles. The maximum Gasteiger partial charge on any atom is 0.248 e. The molecule has 0 aliphatic heterocycles. The highest BCUT2D eigenvalue weighted by Crippen LogP contribution is 2.27. The second kappa shape index (κ2) is 9.16. The highest BCUT2D eigenvalue weighted by atomic mass is 35.5. The molecule has 0 saturated carbocycles. The summed E-state index contributed by atoms with van der Waals surface area (Å²) in [5.74, 6) is 0.356. The average Bonchev–Trinajstić information content (AvgIpc) is 3.13. The van der Waals surface area contributed by atoms with Crippen LogP contribution in [0.2, 0.25) is 5.02 Å². The summed E-state index contributed by atoms with van der Waals surface area (Å²) in [6.07, 6.45) is 0. The summed E-state index contributed by atoms with van der Waals surface area (Å²) in [5, 5.41) is 17.8. The van der Waals surface area contributed by atoms with Crippen LogP contribution in [0.4, 0.5) is 11.4 Å². The SMILES string of the molecule is CCOc1ccccc1NC(=O)Cn1nnc(-c2ccc(NC(C)=O)c(Cl)c2)n1. The van der Waals surface area contributed by atoms with Crippen molar-refractivity contribution in [3.63, 3.8) is 0 Å². The van der Waals surface area contributed by atoms with Gasteiger partial charge in [-0.05, 0) is 42.5 Å². The number of aromatic nitrogens is 4. The third kappa shape index (κ3) is 5.29. The number of carbonyl (C=O) groups excluding carboxylic acids is 2. The molecule has 0 fully saturated rings. The molecule has 2 aromatic carbocycles. The Morgan fingerprint density at radius 3 is 2.66 bits per heavy atom. The number of benzene rings is 2. The molecular formula is C19H19ClN6O3. The van der Waals surface area contributed by atoms with Crippen molar-refractivity contribution in [2.24, 2.45) is 0 Å². The fourth-order valence-electron chi connectivity index (χ4n) is 2.54. The van der Waals surface area contributed by atoms with Crippen molar-refractivity contribution >= 4 is 34.8 Å². The largest absolute Gasteiger partial charge is 0.492 e. The number of nitrogens with zero attached hydrogens (tertiary/aromatic N) is 4. The summed E-state index contributed by atoms with van der Waals surface area (Å²) in [6, 6.07) is 12.1. The number of rotatable bonds is 7. The molecular weight excluding hydrogens is 396 g/mol. The molecule has 10 heteroatoms. The fourth-order valence-corrected chi connectivity index (χ4v) is 2.77. The van der Waals surface area contributed by atoms with Crippen molar-refractivity contribution in [1.82, 2.24) is 20.2 Å². The van der Waals surface area contributed by atoms with Crippen LogP contribution >= 0.6 is 11.6 Å². The highest BCUT2D eigenvalue weighted by Gasteiger charge is 2.13. The van der Waals surface area contributed by atoms with Gasteiger partial charge in [0.15, 0.2) is 0 Å². The van der Waals surface area contributed by atoms with E-state index in [1.165, 1.54) is 11.7 Å². The Balaban J connectivity index is 1.68. The van der Waals surface area contributed by atoms with Crippen LogP contribution in [0.25, 0.3) is 11.4 Å². The first-order valence-electron chi connectivity index (χ1n) is 8.83. The number of para-hydroxylation sites is 2. The zero-order chi connectivity index (χ0) is 20.8. The zero-order valence-corrected chi connectivity index (χ0v) is 16.6. The molecule has 3 aromatic rings. The summed E-state index contributed by atoms with van der Waals surface area (Å²) in [5.41, 5.74) is 1.67. The van der Waals surface area contributed by atoms with Crippen LogP contribution in [0.3, 0.4) is 0 Å². The lowest BCUT2D eigenvalue weighted by Crippen LogP contribution is -2.20. The van der Waals surface area contributed by atoms with E-state index < -0.39 is 0 Å². The van der Waals surface area contributed by atoms with Gasteiger partial charge in [-0.2, -0.15) is 4.80 Å². The predicted molar refractivity (Wildman–Crippen MR) is 109 cm³/mol. The summed E-state index contributed by atoms with van der Waals surface area (Å²) >= 11 is 6.17. The quantitative estimate of drug-likeness (QED) is 0.614. The summed E-state index contributed by atoms with van der Waals surface area (Å²) in [6.45, 7) is 3.64. The summed E-state index contributed by atoms with van der Waals surface area (Å²) in [7, 11) is 0. The molecule has 3 rings (SSSR count). The minimum atomic E-state index is -0.319. The van der Waals surface area contributed by atoms with Crippen molar-refractivity contribution in [2.45, 2.75) is 20.4 Å². The molecule has 0 radical (unpaired) electrons. The van der Waals surface area contributed by atoms with Gasteiger partial charge in [-0.3, -0.25) is 9.59 Å². The molecule has 0 spiro atoms. The average molecular weight is 415 g/mol. The van der Waals surface area contributed by atoms with Crippen molar-refractivity contribution in [1.29, 1.82) is 0 Å². The zero-order valence-electron chi connectivity index (χ0n) is 15.8. The first-order valence-corrected chi connectivity index (χ1v) is 9.21. The van der Waals surface area contributed by atoms with Crippen LogP contribution in [-0.4, -0.2) is 38.6 Å². The minimum absolute atomic E-state index is 0.120. The van der Waals surface area contributed by atoms with E-state index in [4.69, 9.17) is 16.3 Å². The molecule has 29 heavy (non-hydrogen) atoms. The standard InChI is InChI=1S/C19H19ClN6O3/c1-3-29-17-7-5-4-6-16(17)22-18(28)11-26-24-19(23-25-26)13-8-9-15(14(20)10-13)21-12(2)27/h4-10H,3,11H2,1-2H3,(H,21,27)(H,22,28). The van der Waals surface area contributed by atoms with Crippen LogP contribution in [0.5, 0.6) is 5.75 Å². The molecule has 150 valence electrons. The van der Waals surface area contributed by atoms with Gasteiger partial charge in [-0.15, -0.1) is 10.2 Å². The van der Waals surface area contributed by atoms with Crippen LogP contribution in [0, 0.1) is 0 Å². The fraction of sp³-hybridized carbons (Fsp3) is 0.211. The molecule has 1 aromatic heterocycles. The van der Waals surface area contributed by atoms with E-state index in [2.05, 4.69) is 26.0 Å². The molecule has 2 N–H and O–H groups in total. The van der Waals surface area contributed by atoms with E-state index >= 15 is 0 Å². The van der Waals surface area contributed by atoms with Gasteiger partial charge in [-0.25, -0.2) is 0 Å². The van der Waals surface area contributed by atoms with Crippen LogP contribution < -0.4 is 15.4 Å². The molecule has 0 saturated heterocycles.